The highest BCUT2D eigenvalue weighted by molar-refractivity contribution is 7.92. The van der Waals surface area contributed by atoms with Crippen LogP contribution in [0, 0.1) is 17.1 Å². The van der Waals surface area contributed by atoms with Gasteiger partial charge in [0.15, 0.2) is 9.84 Å². The Morgan fingerprint density at radius 1 is 1.29 bits per heavy atom. The Hall–Kier alpha value is -1.45. The Morgan fingerprint density at radius 2 is 1.90 bits per heavy atom. The molecule has 3 rings (SSSR count). The number of fused-ring (bicyclic) bond motifs is 2. The SMILES string of the molecule is N#Cc1cccc(C2(O)CC3CCCC(C2)S3(=O)=O)c1F. The molecular weight excluding hydrogens is 293 g/mol. The molecule has 0 spiro atoms. The van der Waals surface area contributed by atoms with Crippen molar-refractivity contribution in [1.82, 2.24) is 0 Å². The first-order valence-corrected chi connectivity index (χ1v) is 8.63. The van der Waals surface area contributed by atoms with Gasteiger partial charge in [0.25, 0.3) is 0 Å². The van der Waals surface area contributed by atoms with Gasteiger partial charge in [-0.3, -0.25) is 0 Å². The van der Waals surface area contributed by atoms with Crippen molar-refractivity contribution < 1.29 is 17.9 Å². The van der Waals surface area contributed by atoms with E-state index in [4.69, 9.17) is 5.26 Å². The number of hydrogen-bond donors (Lipinski definition) is 1. The van der Waals surface area contributed by atoms with Gasteiger partial charge in [-0.2, -0.15) is 5.26 Å². The molecule has 0 aliphatic carbocycles. The normalized spacial score (nSPS) is 34.1. The average Bonchev–Trinajstić information content (AvgIpc) is 2.41. The molecule has 0 saturated carbocycles. The maximum atomic E-state index is 14.3. The number of benzene rings is 1. The lowest BCUT2D eigenvalue weighted by Crippen LogP contribution is -2.50. The molecule has 21 heavy (non-hydrogen) atoms. The van der Waals surface area contributed by atoms with Gasteiger partial charge in [0.1, 0.15) is 11.9 Å². The van der Waals surface area contributed by atoms with Gasteiger partial charge in [0.2, 0.25) is 0 Å². The van der Waals surface area contributed by atoms with Crippen molar-refractivity contribution in [3.8, 4) is 6.07 Å². The van der Waals surface area contributed by atoms with Crippen LogP contribution < -0.4 is 0 Å². The molecule has 4 nitrogen and oxygen atoms in total. The summed E-state index contributed by atoms with van der Waals surface area (Å²) in [5.74, 6) is -0.736. The van der Waals surface area contributed by atoms with E-state index in [1.54, 1.807) is 6.07 Å². The number of nitriles is 1. The number of aliphatic hydroxyl groups is 1. The van der Waals surface area contributed by atoms with E-state index in [9.17, 15) is 17.9 Å². The zero-order valence-electron chi connectivity index (χ0n) is 11.4. The van der Waals surface area contributed by atoms with Crippen LogP contribution in [0.2, 0.25) is 0 Å². The molecule has 2 atom stereocenters. The van der Waals surface area contributed by atoms with Gasteiger partial charge in [0.05, 0.1) is 21.7 Å². The number of hydrogen-bond acceptors (Lipinski definition) is 4. The Bertz CT molecular complexity index is 703. The first kappa shape index (κ1) is 14.5. The molecule has 0 radical (unpaired) electrons. The van der Waals surface area contributed by atoms with Gasteiger partial charge in [-0.05, 0) is 31.7 Å². The summed E-state index contributed by atoms with van der Waals surface area (Å²) in [4.78, 5) is 0. The summed E-state index contributed by atoms with van der Waals surface area (Å²) in [6.07, 6.45) is 1.88. The second-order valence-electron chi connectivity index (χ2n) is 5.98. The molecule has 2 heterocycles. The van der Waals surface area contributed by atoms with Gasteiger partial charge < -0.3 is 5.11 Å². The van der Waals surface area contributed by atoms with Gasteiger partial charge in [-0.25, -0.2) is 12.8 Å². The van der Waals surface area contributed by atoms with Crippen molar-refractivity contribution in [2.45, 2.75) is 48.2 Å². The van der Waals surface area contributed by atoms with Crippen molar-refractivity contribution >= 4 is 9.84 Å². The summed E-state index contributed by atoms with van der Waals surface area (Å²) in [6.45, 7) is 0. The predicted molar refractivity (Wildman–Crippen MR) is 74.6 cm³/mol. The van der Waals surface area contributed by atoms with Crippen LogP contribution >= 0.6 is 0 Å². The van der Waals surface area contributed by atoms with Crippen molar-refractivity contribution in [1.29, 1.82) is 5.26 Å². The van der Waals surface area contributed by atoms with E-state index in [1.165, 1.54) is 18.2 Å². The fraction of sp³-hybridized carbons (Fsp3) is 0.533. The van der Waals surface area contributed by atoms with Crippen LogP contribution in [0.25, 0.3) is 0 Å². The molecule has 1 N–H and O–H groups in total. The van der Waals surface area contributed by atoms with E-state index in [0.717, 1.165) is 6.42 Å². The largest absolute Gasteiger partial charge is 0.385 e. The van der Waals surface area contributed by atoms with Crippen LogP contribution in [0.15, 0.2) is 18.2 Å². The molecule has 0 aromatic heterocycles. The van der Waals surface area contributed by atoms with Crippen LogP contribution in [0.5, 0.6) is 0 Å². The third-order valence-electron chi connectivity index (χ3n) is 4.73. The first-order valence-electron chi connectivity index (χ1n) is 7.03. The summed E-state index contributed by atoms with van der Waals surface area (Å²) >= 11 is 0. The molecule has 112 valence electrons. The third kappa shape index (κ3) is 2.16. The van der Waals surface area contributed by atoms with E-state index in [2.05, 4.69) is 0 Å². The lowest BCUT2D eigenvalue weighted by Gasteiger charge is -2.44. The summed E-state index contributed by atoms with van der Waals surface area (Å²) in [7, 11) is -3.22. The first-order chi connectivity index (χ1) is 9.88. The Balaban J connectivity index is 2.06. The summed E-state index contributed by atoms with van der Waals surface area (Å²) in [6, 6.07) is 6.07. The van der Waals surface area contributed by atoms with Crippen molar-refractivity contribution in [2.24, 2.45) is 0 Å². The number of rotatable bonds is 1. The topological polar surface area (TPSA) is 78.2 Å². The highest BCUT2D eigenvalue weighted by Crippen LogP contribution is 2.46. The van der Waals surface area contributed by atoms with E-state index in [0.29, 0.717) is 12.8 Å². The molecule has 0 amide bonds. The van der Waals surface area contributed by atoms with Crippen LogP contribution in [0.4, 0.5) is 4.39 Å². The molecule has 6 heteroatoms. The number of nitrogens with zero attached hydrogens (tertiary/aromatic N) is 1. The van der Waals surface area contributed by atoms with Crippen LogP contribution in [-0.2, 0) is 15.4 Å². The Morgan fingerprint density at radius 3 is 2.48 bits per heavy atom. The van der Waals surface area contributed by atoms with E-state index in [1.807, 2.05) is 0 Å². The van der Waals surface area contributed by atoms with Crippen molar-refractivity contribution in [3.05, 3.63) is 35.1 Å². The predicted octanol–water partition coefficient (Wildman–Crippen LogP) is 2.01. The van der Waals surface area contributed by atoms with Gasteiger partial charge >= 0.3 is 0 Å². The lowest BCUT2D eigenvalue weighted by atomic mass is 9.80. The fourth-order valence-electron chi connectivity index (χ4n) is 3.64. The zero-order valence-corrected chi connectivity index (χ0v) is 12.2. The van der Waals surface area contributed by atoms with Crippen LogP contribution in [-0.4, -0.2) is 24.0 Å². The molecule has 2 fully saturated rings. The molecule has 2 saturated heterocycles. The summed E-state index contributed by atoms with van der Waals surface area (Å²) in [5, 5.41) is 18.5. The minimum Gasteiger partial charge on any atom is -0.385 e. The third-order valence-corrected chi connectivity index (χ3v) is 7.40. The maximum Gasteiger partial charge on any atom is 0.156 e. The Labute approximate surface area is 123 Å². The van der Waals surface area contributed by atoms with Crippen molar-refractivity contribution in [2.75, 3.05) is 0 Å². The molecular formula is C15H16FNO3S. The van der Waals surface area contributed by atoms with E-state index < -0.39 is 31.8 Å². The monoisotopic (exact) mass is 309 g/mol. The fourth-order valence-corrected chi connectivity index (χ4v) is 6.20. The average molecular weight is 309 g/mol. The number of halogens is 1. The van der Waals surface area contributed by atoms with E-state index in [-0.39, 0.29) is 24.0 Å². The van der Waals surface area contributed by atoms with Gasteiger partial charge in [0, 0.05) is 5.56 Å². The molecule has 2 aliphatic heterocycles. The highest BCUT2D eigenvalue weighted by Gasteiger charge is 2.51. The zero-order chi connectivity index (χ0) is 15.3. The second kappa shape index (κ2) is 4.79. The highest BCUT2D eigenvalue weighted by atomic mass is 32.2. The minimum atomic E-state index is -3.22. The lowest BCUT2D eigenvalue weighted by molar-refractivity contribution is 0.00182. The second-order valence-corrected chi connectivity index (χ2v) is 8.49. The minimum absolute atomic E-state index is 0.0115. The van der Waals surface area contributed by atoms with Crippen LogP contribution in [0.3, 0.4) is 0 Å². The Kier molecular flexibility index (Phi) is 3.30. The van der Waals surface area contributed by atoms with Crippen LogP contribution in [0.1, 0.15) is 43.2 Å². The maximum absolute atomic E-state index is 14.3. The molecule has 1 aromatic carbocycles. The summed E-state index contributed by atoms with van der Waals surface area (Å²) in [5.41, 5.74) is -1.58. The molecule has 1 aromatic rings. The summed E-state index contributed by atoms with van der Waals surface area (Å²) < 4.78 is 38.9. The van der Waals surface area contributed by atoms with Crippen molar-refractivity contribution in [3.63, 3.8) is 0 Å². The smallest absolute Gasteiger partial charge is 0.156 e. The standard InChI is InChI=1S/C15H16FNO3S/c16-14-10(9-17)3-1-6-13(14)15(18)7-11-4-2-5-12(8-15)21(11,19)20/h1,3,6,11-12,18H,2,4-5,7-8H2. The molecule has 2 aliphatic rings. The van der Waals surface area contributed by atoms with Gasteiger partial charge in [-0.1, -0.05) is 18.6 Å². The molecule has 2 bridgehead atoms. The van der Waals surface area contributed by atoms with E-state index >= 15 is 0 Å². The van der Waals surface area contributed by atoms with Gasteiger partial charge in [-0.15, -0.1) is 0 Å². The molecule has 2 unspecified atom stereocenters. The number of sulfone groups is 1. The quantitative estimate of drug-likeness (QED) is 0.861.